The van der Waals surface area contributed by atoms with E-state index in [1.165, 1.54) is 45.6 Å². The molecule has 7 heteroatoms. The third-order valence-corrected chi connectivity index (χ3v) is 5.54. The van der Waals surface area contributed by atoms with E-state index in [1.807, 2.05) is 0 Å². The number of hydrogen-bond donors (Lipinski definition) is 2. The number of ether oxygens (including phenoxy) is 3. The number of halogens is 1. The van der Waals surface area contributed by atoms with Crippen molar-refractivity contribution in [3.63, 3.8) is 0 Å². The van der Waals surface area contributed by atoms with E-state index in [1.54, 1.807) is 12.1 Å². The van der Waals surface area contributed by atoms with Crippen LogP contribution in [0.4, 0.5) is 4.39 Å². The third kappa shape index (κ3) is 4.21. The molecule has 6 nitrogen and oxygen atoms in total. The maximum Gasteiger partial charge on any atom is 0.203 e. The zero-order valence-electron chi connectivity index (χ0n) is 16.8. The second kappa shape index (κ2) is 8.80. The Hall–Kier alpha value is -2.64. The molecule has 0 bridgehead atoms. The van der Waals surface area contributed by atoms with Crippen LogP contribution < -0.4 is 19.5 Å². The Balaban J connectivity index is 1.88. The Morgan fingerprint density at radius 2 is 1.76 bits per heavy atom. The summed E-state index contributed by atoms with van der Waals surface area (Å²) in [5.41, 5.74) is 0.733. The lowest BCUT2D eigenvalue weighted by Gasteiger charge is -2.31. The second-order valence-electron chi connectivity index (χ2n) is 7.21. The van der Waals surface area contributed by atoms with E-state index in [0.717, 1.165) is 18.5 Å². The molecule has 0 radical (unpaired) electrons. The van der Waals surface area contributed by atoms with Gasteiger partial charge < -0.3 is 24.6 Å². The lowest BCUT2D eigenvalue weighted by molar-refractivity contribution is 0.0677. The molecule has 156 valence electrons. The van der Waals surface area contributed by atoms with Crippen molar-refractivity contribution in [2.75, 3.05) is 34.4 Å². The van der Waals surface area contributed by atoms with Crippen LogP contribution in [0.2, 0.25) is 0 Å². The monoisotopic (exact) mass is 403 g/mol. The van der Waals surface area contributed by atoms with Gasteiger partial charge in [-0.15, -0.1) is 0 Å². The standard InChI is InChI=1S/C22H26FNO5/c1-27-18-10-14(11-19(28-2)21(18)29-3)20(26)17(25)12-22(8-9-24-13-22)15-4-6-16(23)7-5-15/h4-7,10-11,17,24-25H,8-9,12-13H2,1-3H3. The van der Waals surface area contributed by atoms with Gasteiger partial charge in [-0.3, -0.25) is 4.79 Å². The Morgan fingerprint density at radius 3 is 2.24 bits per heavy atom. The lowest BCUT2D eigenvalue weighted by atomic mass is 9.74. The van der Waals surface area contributed by atoms with Crippen LogP contribution in [0, 0.1) is 5.82 Å². The minimum Gasteiger partial charge on any atom is -0.493 e. The van der Waals surface area contributed by atoms with Gasteiger partial charge in [-0.05, 0) is 49.2 Å². The summed E-state index contributed by atoms with van der Waals surface area (Å²) in [5, 5.41) is 14.1. The quantitative estimate of drug-likeness (QED) is 0.660. The Morgan fingerprint density at radius 1 is 1.14 bits per heavy atom. The summed E-state index contributed by atoms with van der Waals surface area (Å²) >= 11 is 0. The average molecular weight is 403 g/mol. The number of Topliss-reactive ketones (excluding diaryl/α,β-unsaturated/α-hetero) is 1. The zero-order valence-corrected chi connectivity index (χ0v) is 16.8. The molecule has 0 aromatic heterocycles. The number of benzene rings is 2. The maximum atomic E-state index is 13.4. The molecule has 2 N–H and O–H groups in total. The van der Waals surface area contributed by atoms with Gasteiger partial charge in [0.2, 0.25) is 5.75 Å². The molecule has 1 saturated heterocycles. The highest BCUT2D eigenvalue weighted by Crippen LogP contribution is 2.40. The van der Waals surface area contributed by atoms with Gasteiger partial charge in [-0.2, -0.15) is 0 Å². The first-order valence-corrected chi connectivity index (χ1v) is 9.43. The van der Waals surface area contributed by atoms with E-state index in [0.29, 0.717) is 23.8 Å². The first-order valence-electron chi connectivity index (χ1n) is 9.43. The van der Waals surface area contributed by atoms with Gasteiger partial charge in [0.05, 0.1) is 21.3 Å². The van der Waals surface area contributed by atoms with E-state index >= 15 is 0 Å². The zero-order chi connectivity index (χ0) is 21.0. The number of aliphatic hydroxyl groups is 1. The molecule has 0 amide bonds. The van der Waals surface area contributed by atoms with Crippen LogP contribution in [-0.4, -0.2) is 51.4 Å². The highest BCUT2D eigenvalue weighted by molar-refractivity contribution is 6.00. The van der Waals surface area contributed by atoms with Gasteiger partial charge in [0.25, 0.3) is 0 Å². The third-order valence-electron chi connectivity index (χ3n) is 5.54. The number of carbonyl (C=O) groups is 1. The van der Waals surface area contributed by atoms with E-state index in [4.69, 9.17) is 14.2 Å². The fourth-order valence-corrected chi connectivity index (χ4v) is 3.96. The minimum atomic E-state index is -1.23. The molecule has 1 aliphatic rings. The molecule has 1 heterocycles. The molecule has 29 heavy (non-hydrogen) atoms. The van der Waals surface area contributed by atoms with E-state index in [9.17, 15) is 14.3 Å². The van der Waals surface area contributed by atoms with Crippen molar-refractivity contribution >= 4 is 5.78 Å². The number of rotatable bonds is 8. The molecule has 0 saturated carbocycles. The van der Waals surface area contributed by atoms with Crippen molar-refractivity contribution in [2.45, 2.75) is 24.4 Å². The molecule has 2 unspecified atom stereocenters. The summed E-state index contributed by atoms with van der Waals surface area (Å²) in [7, 11) is 4.42. The Labute approximate surface area is 169 Å². The van der Waals surface area contributed by atoms with Crippen LogP contribution in [-0.2, 0) is 5.41 Å². The molecule has 0 spiro atoms. The number of hydrogen-bond acceptors (Lipinski definition) is 6. The van der Waals surface area contributed by atoms with Crippen molar-refractivity contribution in [1.82, 2.24) is 5.32 Å². The predicted octanol–water partition coefficient (Wildman–Crippen LogP) is 2.72. The van der Waals surface area contributed by atoms with Gasteiger partial charge in [0.15, 0.2) is 17.3 Å². The van der Waals surface area contributed by atoms with Gasteiger partial charge >= 0.3 is 0 Å². The first kappa shape index (κ1) is 21.1. The molecular weight excluding hydrogens is 377 g/mol. The van der Waals surface area contributed by atoms with Gasteiger partial charge in [0.1, 0.15) is 11.9 Å². The normalized spacial score (nSPS) is 19.6. The number of aliphatic hydroxyl groups excluding tert-OH is 1. The number of ketones is 1. The SMILES string of the molecule is COc1cc(C(=O)C(O)CC2(c3ccc(F)cc3)CCNC2)cc(OC)c1OC. The molecule has 2 aromatic rings. The fourth-order valence-electron chi connectivity index (χ4n) is 3.96. The lowest BCUT2D eigenvalue weighted by Crippen LogP contribution is -2.36. The molecule has 1 fully saturated rings. The topological polar surface area (TPSA) is 77.0 Å². The van der Waals surface area contributed by atoms with Crippen molar-refractivity contribution < 1.29 is 28.5 Å². The summed E-state index contributed by atoms with van der Waals surface area (Å²) < 4.78 is 29.2. The Bertz CT molecular complexity index is 837. The summed E-state index contributed by atoms with van der Waals surface area (Å²) in [6.07, 6.45) is -0.262. The maximum absolute atomic E-state index is 13.4. The van der Waals surface area contributed by atoms with E-state index < -0.39 is 17.3 Å². The van der Waals surface area contributed by atoms with Crippen LogP contribution >= 0.6 is 0 Å². The van der Waals surface area contributed by atoms with Crippen molar-refractivity contribution in [1.29, 1.82) is 0 Å². The Kier molecular flexibility index (Phi) is 6.39. The van der Waals surface area contributed by atoms with Crippen LogP contribution in [0.15, 0.2) is 36.4 Å². The fraction of sp³-hybridized carbons (Fsp3) is 0.409. The first-order chi connectivity index (χ1) is 13.9. The molecular formula is C22H26FNO5. The summed E-state index contributed by atoms with van der Waals surface area (Å²) in [6, 6.07) is 9.32. The van der Waals surface area contributed by atoms with Crippen LogP contribution in [0.25, 0.3) is 0 Å². The second-order valence-corrected chi connectivity index (χ2v) is 7.21. The molecule has 1 aliphatic heterocycles. The molecule has 2 aromatic carbocycles. The van der Waals surface area contributed by atoms with Gasteiger partial charge in [0, 0.05) is 17.5 Å². The average Bonchev–Trinajstić information content (AvgIpc) is 3.21. The van der Waals surface area contributed by atoms with Crippen LogP contribution in [0.3, 0.4) is 0 Å². The largest absolute Gasteiger partial charge is 0.493 e. The van der Waals surface area contributed by atoms with E-state index in [2.05, 4.69) is 5.32 Å². The van der Waals surface area contributed by atoms with Crippen molar-refractivity contribution in [3.8, 4) is 17.2 Å². The van der Waals surface area contributed by atoms with Gasteiger partial charge in [-0.25, -0.2) is 4.39 Å². The minimum absolute atomic E-state index is 0.223. The highest BCUT2D eigenvalue weighted by atomic mass is 19.1. The highest BCUT2D eigenvalue weighted by Gasteiger charge is 2.39. The van der Waals surface area contributed by atoms with Gasteiger partial charge in [-0.1, -0.05) is 12.1 Å². The smallest absolute Gasteiger partial charge is 0.203 e. The summed E-state index contributed by atoms with van der Waals surface area (Å²) in [4.78, 5) is 13.0. The number of nitrogens with one attached hydrogen (secondary N) is 1. The van der Waals surface area contributed by atoms with Crippen LogP contribution in [0.1, 0.15) is 28.8 Å². The van der Waals surface area contributed by atoms with Crippen molar-refractivity contribution in [3.05, 3.63) is 53.3 Å². The van der Waals surface area contributed by atoms with Crippen LogP contribution in [0.5, 0.6) is 17.2 Å². The molecule has 0 aliphatic carbocycles. The summed E-state index contributed by atoms with van der Waals surface area (Å²) in [5.74, 6) is 0.321. The molecule has 2 atom stereocenters. The predicted molar refractivity (Wildman–Crippen MR) is 107 cm³/mol. The number of methoxy groups -OCH3 is 3. The number of carbonyl (C=O) groups excluding carboxylic acids is 1. The summed E-state index contributed by atoms with van der Waals surface area (Å²) in [6.45, 7) is 1.38. The van der Waals surface area contributed by atoms with Crippen molar-refractivity contribution in [2.24, 2.45) is 0 Å². The van der Waals surface area contributed by atoms with E-state index in [-0.39, 0.29) is 17.8 Å². The molecule has 3 rings (SSSR count).